The third-order valence-corrected chi connectivity index (χ3v) is 6.58. The van der Waals surface area contributed by atoms with Crippen LogP contribution in [-0.2, 0) is 0 Å². The largest absolute Gasteiger partial charge is 0.278 e. The highest BCUT2D eigenvalue weighted by atomic mass is 32.2. The molecule has 2 heterocycles. The Morgan fingerprint density at radius 1 is 1.04 bits per heavy atom. The first-order chi connectivity index (χ1) is 13.4. The van der Waals surface area contributed by atoms with Crippen molar-refractivity contribution in [2.75, 3.05) is 6.26 Å². The number of hydrogen-bond donors (Lipinski definition) is 0. The second kappa shape index (κ2) is 7.27. The Balaban J connectivity index is 2.04. The Bertz CT molecular complexity index is 1320. The van der Waals surface area contributed by atoms with E-state index in [0.717, 1.165) is 11.3 Å². The summed E-state index contributed by atoms with van der Waals surface area (Å²) in [6.45, 7) is 4.09. The summed E-state index contributed by atoms with van der Waals surface area (Å²) in [5, 5.41) is 0.523. The van der Waals surface area contributed by atoms with Crippen molar-refractivity contribution in [1.29, 1.82) is 0 Å². The molecule has 4 nitrogen and oxygen atoms in total. The number of thiazole rings is 1. The van der Waals surface area contributed by atoms with E-state index >= 15 is 0 Å². The molecular weight excluding hydrogens is 413 g/mol. The molecule has 0 unspecified atom stereocenters. The van der Waals surface area contributed by atoms with Crippen LogP contribution in [0.25, 0.3) is 21.7 Å². The number of nitrogens with zero attached hydrogens (tertiary/aromatic N) is 3. The van der Waals surface area contributed by atoms with Crippen LogP contribution in [0.15, 0.2) is 52.4 Å². The van der Waals surface area contributed by atoms with Gasteiger partial charge in [-0.2, -0.15) is 0 Å². The molecule has 2 aromatic carbocycles. The van der Waals surface area contributed by atoms with Crippen molar-refractivity contribution in [2.45, 2.75) is 19.0 Å². The molecule has 0 aliphatic heterocycles. The van der Waals surface area contributed by atoms with Gasteiger partial charge in [-0.1, -0.05) is 29.2 Å². The van der Waals surface area contributed by atoms with Crippen LogP contribution in [0.1, 0.15) is 11.1 Å². The molecule has 0 radical (unpaired) electrons. The lowest BCUT2D eigenvalue weighted by molar-refractivity contribution is 0.627. The van der Waals surface area contributed by atoms with Crippen LogP contribution in [-0.4, -0.2) is 20.4 Å². The lowest BCUT2D eigenvalue weighted by atomic mass is 10.1. The maximum absolute atomic E-state index is 13.3. The highest BCUT2D eigenvalue weighted by molar-refractivity contribution is 7.98. The first-order valence-corrected chi connectivity index (χ1v) is 10.9. The average Bonchev–Trinajstić information content (AvgIpc) is 3.01. The normalized spacial score (nSPS) is 11.3. The van der Waals surface area contributed by atoms with Gasteiger partial charge in [-0.25, -0.2) is 9.37 Å². The molecule has 0 spiro atoms. The Morgan fingerprint density at radius 3 is 2.36 bits per heavy atom. The van der Waals surface area contributed by atoms with E-state index in [0.29, 0.717) is 25.1 Å². The van der Waals surface area contributed by atoms with Crippen molar-refractivity contribution in [3.05, 3.63) is 73.7 Å². The zero-order chi connectivity index (χ0) is 20.0. The number of aromatic nitrogens is 3. The molecule has 0 fully saturated rings. The Kier molecular flexibility index (Phi) is 4.95. The van der Waals surface area contributed by atoms with E-state index in [1.165, 1.54) is 45.4 Å². The molecule has 0 aliphatic rings. The van der Waals surface area contributed by atoms with Crippen LogP contribution in [0.4, 0.5) is 4.39 Å². The molecule has 0 amide bonds. The van der Waals surface area contributed by atoms with Gasteiger partial charge in [-0.15, -0.1) is 0 Å². The lowest BCUT2D eigenvalue weighted by Gasteiger charge is -2.12. The minimum Gasteiger partial charge on any atom is -0.275 e. The SMILES string of the molecule is CSc1nc2c(sc(=S)n2-c2ccc(C)c(C)c2)c(=O)n1-c1ccc(F)cc1. The van der Waals surface area contributed by atoms with Gasteiger partial charge in [0.2, 0.25) is 0 Å². The van der Waals surface area contributed by atoms with Gasteiger partial charge in [-0.05, 0) is 79.8 Å². The molecule has 0 N–H and O–H groups in total. The van der Waals surface area contributed by atoms with Gasteiger partial charge < -0.3 is 0 Å². The van der Waals surface area contributed by atoms with Crippen LogP contribution in [0.3, 0.4) is 0 Å². The summed E-state index contributed by atoms with van der Waals surface area (Å²) in [7, 11) is 0. The number of hydrogen-bond acceptors (Lipinski definition) is 5. The number of aryl methyl sites for hydroxylation is 2. The second-order valence-electron chi connectivity index (χ2n) is 6.34. The summed E-state index contributed by atoms with van der Waals surface area (Å²) in [5.74, 6) is -0.354. The smallest absolute Gasteiger partial charge is 0.275 e. The molecule has 0 saturated carbocycles. The maximum atomic E-state index is 13.3. The number of fused-ring (bicyclic) bond motifs is 1. The standard InChI is InChI=1S/C20H16FN3OS3/c1-11-4-7-15(10-12(11)2)23-17-16(28-20(23)26)18(25)24(19(22-17)27-3)14-8-5-13(21)6-9-14/h4-10H,1-3H3. The summed E-state index contributed by atoms with van der Waals surface area (Å²) >= 11 is 8.16. The van der Waals surface area contributed by atoms with Gasteiger partial charge >= 0.3 is 0 Å². The Morgan fingerprint density at radius 2 is 1.71 bits per heavy atom. The van der Waals surface area contributed by atoms with E-state index in [1.54, 1.807) is 12.1 Å². The van der Waals surface area contributed by atoms with E-state index < -0.39 is 0 Å². The van der Waals surface area contributed by atoms with Crippen molar-refractivity contribution in [3.8, 4) is 11.4 Å². The fourth-order valence-corrected chi connectivity index (χ4v) is 4.84. The van der Waals surface area contributed by atoms with Crippen molar-refractivity contribution in [3.63, 3.8) is 0 Å². The van der Waals surface area contributed by atoms with Gasteiger partial charge in [0.15, 0.2) is 14.8 Å². The lowest BCUT2D eigenvalue weighted by Crippen LogP contribution is -2.21. The van der Waals surface area contributed by atoms with E-state index in [4.69, 9.17) is 17.2 Å². The highest BCUT2D eigenvalue weighted by Crippen LogP contribution is 2.27. The first-order valence-electron chi connectivity index (χ1n) is 8.47. The molecule has 4 rings (SSSR count). The fraction of sp³-hybridized carbons (Fsp3) is 0.150. The summed E-state index contributed by atoms with van der Waals surface area (Å²) < 4.78 is 17.7. The van der Waals surface area contributed by atoms with Crippen molar-refractivity contribution in [2.24, 2.45) is 0 Å². The van der Waals surface area contributed by atoms with Gasteiger partial charge in [-0.3, -0.25) is 13.9 Å². The van der Waals surface area contributed by atoms with Crippen LogP contribution in [0, 0.1) is 23.6 Å². The van der Waals surface area contributed by atoms with E-state index in [9.17, 15) is 9.18 Å². The number of halogens is 1. The molecule has 0 aliphatic carbocycles. The predicted octanol–water partition coefficient (Wildman–Crippen LogP) is 5.45. The molecule has 0 bridgehead atoms. The third-order valence-electron chi connectivity index (χ3n) is 4.59. The first kappa shape index (κ1) is 19.0. The maximum Gasteiger partial charge on any atom is 0.278 e. The van der Waals surface area contributed by atoms with Crippen molar-refractivity contribution < 1.29 is 4.39 Å². The molecule has 0 saturated heterocycles. The van der Waals surface area contributed by atoms with E-state index in [-0.39, 0.29) is 11.4 Å². The van der Waals surface area contributed by atoms with Gasteiger partial charge in [0.05, 0.1) is 5.69 Å². The quantitative estimate of drug-likeness (QED) is 0.247. The predicted molar refractivity (Wildman–Crippen MR) is 117 cm³/mol. The Hall–Kier alpha value is -2.29. The molecule has 2 aromatic heterocycles. The van der Waals surface area contributed by atoms with Crippen molar-refractivity contribution in [1.82, 2.24) is 14.1 Å². The summed E-state index contributed by atoms with van der Waals surface area (Å²) in [4.78, 5) is 18.0. The van der Waals surface area contributed by atoms with E-state index in [1.807, 2.05) is 35.9 Å². The molecule has 0 atom stereocenters. The summed E-state index contributed by atoms with van der Waals surface area (Å²) in [5.41, 5.74) is 4.13. The topological polar surface area (TPSA) is 39.8 Å². The highest BCUT2D eigenvalue weighted by Gasteiger charge is 2.18. The van der Waals surface area contributed by atoms with Crippen LogP contribution >= 0.6 is 35.3 Å². The Labute approximate surface area is 174 Å². The van der Waals surface area contributed by atoms with Gasteiger partial charge in [0, 0.05) is 5.69 Å². The molecule has 8 heteroatoms. The molecule has 28 heavy (non-hydrogen) atoms. The molecular formula is C20H16FN3OS3. The molecule has 142 valence electrons. The molecule has 4 aromatic rings. The zero-order valence-electron chi connectivity index (χ0n) is 15.4. The number of thioether (sulfide) groups is 1. The van der Waals surface area contributed by atoms with Gasteiger partial charge in [0.1, 0.15) is 10.5 Å². The van der Waals surface area contributed by atoms with Crippen LogP contribution in [0.2, 0.25) is 0 Å². The minimum absolute atomic E-state index is 0.209. The second-order valence-corrected chi connectivity index (χ2v) is 8.76. The van der Waals surface area contributed by atoms with Crippen LogP contribution in [0.5, 0.6) is 0 Å². The summed E-state index contributed by atoms with van der Waals surface area (Å²) in [6, 6.07) is 11.9. The van der Waals surface area contributed by atoms with Crippen LogP contribution < -0.4 is 5.56 Å². The third kappa shape index (κ3) is 3.11. The fourth-order valence-electron chi connectivity index (χ4n) is 2.98. The van der Waals surface area contributed by atoms with Gasteiger partial charge in [0.25, 0.3) is 5.56 Å². The minimum atomic E-state index is -0.354. The average molecular weight is 430 g/mol. The monoisotopic (exact) mass is 429 g/mol. The van der Waals surface area contributed by atoms with Crippen molar-refractivity contribution >= 4 is 45.7 Å². The zero-order valence-corrected chi connectivity index (χ0v) is 17.8. The summed E-state index contributed by atoms with van der Waals surface area (Å²) in [6.07, 6.45) is 1.86. The van der Waals surface area contributed by atoms with E-state index in [2.05, 4.69) is 6.92 Å². The number of benzene rings is 2. The number of rotatable bonds is 3.